The van der Waals surface area contributed by atoms with E-state index in [9.17, 15) is 9.18 Å². The number of methoxy groups -OCH3 is 1. The lowest BCUT2D eigenvalue weighted by molar-refractivity contribution is -0.123. The van der Waals surface area contributed by atoms with Gasteiger partial charge in [0.2, 0.25) is 0 Å². The number of carbonyl (C=O) groups is 1. The van der Waals surface area contributed by atoms with Crippen LogP contribution in [0.15, 0.2) is 42.5 Å². The zero-order valence-electron chi connectivity index (χ0n) is 13.8. The number of aryl methyl sites for hydroxylation is 1. The maximum Gasteiger partial charge on any atom is 0.276 e. The largest absolute Gasteiger partial charge is 0.493 e. The summed E-state index contributed by atoms with van der Waals surface area (Å²) in [5.74, 6) is 0.199. The predicted octanol–water partition coefficient (Wildman–Crippen LogP) is 2.54. The Morgan fingerprint density at radius 1 is 1.16 bits per heavy atom. The molecule has 0 atom stereocenters. The van der Waals surface area contributed by atoms with E-state index in [4.69, 9.17) is 21.7 Å². The van der Waals surface area contributed by atoms with Gasteiger partial charge in [0, 0.05) is 5.69 Å². The van der Waals surface area contributed by atoms with Gasteiger partial charge in [0.15, 0.2) is 23.2 Å². The van der Waals surface area contributed by atoms with Crippen LogP contribution in [-0.2, 0) is 4.79 Å². The van der Waals surface area contributed by atoms with Crippen LogP contribution in [0.1, 0.15) is 5.56 Å². The maximum absolute atomic E-state index is 13.5. The Balaban J connectivity index is 1.77. The molecule has 1 amide bonds. The van der Waals surface area contributed by atoms with Crippen molar-refractivity contribution >= 4 is 28.9 Å². The second-order valence-corrected chi connectivity index (χ2v) is 5.44. The van der Waals surface area contributed by atoms with Crippen molar-refractivity contribution < 1.29 is 18.7 Å². The first kappa shape index (κ1) is 18.5. The standard InChI is InChI=1S/C17H18FN3O3S/c1-11-7-8-12(9-13(11)18)19-17(25)21-20-16(22)10-24-15-6-4-3-5-14(15)23-2/h3-9H,10H2,1-2H3,(H,20,22)(H2,19,21,25). The van der Waals surface area contributed by atoms with E-state index in [0.717, 1.165) is 0 Å². The molecule has 0 aliphatic carbocycles. The number of anilines is 1. The van der Waals surface area contributed by atoms with Crippen LogP contribution in [0.25, 0.3) is 0 Å². The number of hydrazine groups is 1. The van der Waals surface area contributed by atoms with E-state index in [1.165, 1.54) is 13.2 Å². The van der Waals surface area contributed by atoms with Crippen LogP contribution in [0.2, 0.25) is 0 Å². The summed E-state index contributed by atoms with van der Waals surface area (Å²) in [6.45, 7) is 1.44. The number of amides is 1. The Morgan fingerprint density at radius 3 is 2.56 bits per heavy atom. The summed E-state index contributed by atoms with van der Waals surface area (Å²) < 4.78 is 24.0. The zero-order chi connectivity index (χ0) is 18.2. The van der Waals surface area contributed by atoms with Crippen LogP contribution < -0.4 is 25.6 Å². The third kappa shape index (κ3) is 5.61. The highest BCUT2D eigenvalue weighted by atomic mass is 32.1. The van der Waals surface area contributed by atoms with Gasteiger partial charge in [-0.15, -0.1) is 0 Å². The number of ether oxygens (including phenoxy) is 2. The Morgan fingerprint density at radius 2 is 1.88 bits per heavy atom. The van der Waals surface area contributed by atoms with Crippen molar-refractivity contribution in [2.75, 3.05) is 19.0 Å². The highest BCUT2D eigenvalue weighted by Crippen LogP contribution is 2.25. The number of para-hydroxylation sites is 2. The molecule has 0 aliphatic rings. The molecule has 2 rings (SSSR count). The summed E-state index contributed by atoms with van der Waals surface area (Å²) in [5.41, 5.74) is 5.91. The fourth-order valence-electron chi connectivity index (χ4n) is 1.88. The summed E-state index contributed by atoms with van der Waals surface area (Å²) in [6, 6.07) is 11.6. The third-order valence-electron chi connectivity index (χ3n) is 3.17. The highest BCUT2D eigenvalue weighted by molar-refractivity contribution is 7.80. The normalized spacial score (nSPS) is 9.88. The summed E-state index contributed by atoms with van der Waals surface area (Å²) in [5, 5.41) is 2.88. The summed E-state index contributed by atoms with van der Waals surface area (Å²) in [4.78, 5) is 11.8. The van der Waals surface area contributed by atoms with Crippen molar-refractivity contribution in [2.45, 2.75) is 6.92 Å². The van der Waals surface area contributed by atoms with Crippen LogP contribution in [-0.4, -0.2) is 24.7 Å². The molecule has 0 spiro atoms. The van der Waals surface area contributed by atoms with Gasteiger partial charge in [-0.25, -0.2) is 4.39 Å². The minimum Gasteiger partial charge on any atom is -0.493 e. The van der Waals surface area contributed by atoms with Gasteiger partial charge >= 0.3 is 0 Å². The van der Waals surface area contributed by atoms with Gasteiger partial charge in [-0.2, -0.15) is 0 Å². The monoisotopic (exact) mass is 363 g/mol. The van der Waals surface area contributed by atoms with Crippen LogP contribution in [0.3, 0.4) is 0 Å². The molecule has 0 heterocycles. The quantitative estimate of drug-likeness (QED) is 0.560. The number of rotatable bonds is 5. The first-order chi connectivity index (χ1) is 12.0. The Labute approximate surface area is 150 Å². The van der Waals surface area contributed by atoms with Crippen LogP contribution >= 0.6 is 12.2 Å². The van der Waals surface area contributed by atoms with Crippen molar-refractivity contribution in [3.8, 4) is 11.5 Å². The maximum atomic E-state index is 13.5. The SMILES string of the molecule is COc1ccccc1OCC(=O)NNC(=S)Nc1ccc(C)c(F)c1. The first-order valence-corrected chi connectivity index (χ1v) is 7.78. The average Bonchev–Trinajstić information content (AvgIpc) is 2.61. The number of hydrogen-bond donors (Lipinski definition) is 3. The van der Waals surface area contributed by atoms with Crippen molar-refractivity contribution in [3.05, 3.63) is 53.8 Å². The van der Waals surface area contributed by atoms with Crippen molar-refractivity contribution in [1.29, 1.82) is 0 Å². The van der Waals surface area contributed by atoms with Gasteiger partial charge in [0.25, 0.3) is 5.91 Å². The van der Waals surface area contributed by atoms with Gasteiger partial charge in [-0.05, 0) is 49.0 Å². The Hall–Kier alpha value is -2.87. The van der Waals surface area contributed by atoms with Gasteiger partial charge in [0.1, 0.15) is 5.82 Å². The molecule has 0 radical (unpaired) electrons. The number of thiocarbonyl (C=S) groups is 1. The van der Waals surface area contributed by atoms with E-state index in [0.29, 0.717) is 22.7 Å². The second kappa shape index (κ2) is 8.84. The number of nitrogens with one attached hydrogen (secondary N) is 3. The van der Waals surface area contributed by atoms with E-state index in [1.54, 1.807) is 43.3 Å². The molecule has 0 bridgehead atoms. The number of carbonyl (C=O) groups excluding carboxylic acids is 1. The predicted molar refractivity (Wildman–Crippen MR) is 97.1 cm³/mol. The molecule has 0 fully saturated rings. The third-order valence-corrected chi connectivity index (χ3v) is 3.38. The molecule has 8 heteroatoms. The summed E-state index contributed by atoms with van der Waals surface area (Å²) in [7, 11) is 1.52. The highest BCUT2D eigenvalue weighted by Gasteiger charge is 2.07. The molecular formula is C17H18FN3O3S. The van der Waals surface area contributed by atoms with Crippen LogP contribution in [0.4, 0.5) is 10.1 Å². The molecule has 0 saturated heterocycles. The first-order valence-electron chi connectivity index (χ1n) is 7.37. The smallest absolute Gasteiger partial charge is 0.276 e. The number of hydrogen-bond acceptors (Lipinski definition) is 4. The second-order valence-electron chi connectivity index (χ2n) is 5.03. The van der Waals surface area contributed by atoms with Crippen molar-refractivity contribution in [1.82, 2.24) is 10.9 Å². The molecule has 2 aromatic carbocycles. The fraction of sp³-hybridized carbons (Fsp3) is 0.176. The van der Waals surface area contributed by atoms with Crippen molar-refractivity contribution in [2.24, 2.45) is 0 Å². The van der Waals surface area contributed by atoms with E-state index < -0.39 is 5.91 Å². The molecule has 2 aromatic rings. The molecule has 6 nitrogen and oxygen atoms in total. The molecule has 0 aliphatic heterocycles. The summed E-state index contributed by atoms with van der Waals surface area (Å²) in [6.07, 6.45) is 0. The topological polar surface area (TPSA) is 71.6 Å². The van der Waals surface area contributed by atoms with Crippen molar-refractivity contribution in [3.63, 3.8) is 0 Å². The van der Waals surface area contributed by atoms with E-state index in [2.05, 4.69) is 16.2 Å². The van der Waals surface area contributed by atoms with Gasteiger partial charge in [-0.1, -0.05) is 18.2 Å². The lowest BCUT2D eigenvalue weighted by Crippen LogP contribution is -2.45. The van der Waals surface area contributed by atoms with Gasteiger partial charge in [-0.3, -0.25) is 15.6 Å². The van der Waals surface area contributed by atoms with Crippen LogP contribution in [0, 0.1) is 12.7 Å². The lowest BCUT2D eigenvalue weighted by atomic mass is 10.2. The molecule has 3 N–H and O–H groups in total. The zero-order valence-corrected chi connectivity index (χ0v) is 14.6. The van der Waals surface area contributed by atoms with E-state index in [-0.39, 0.29) is 17.5 Å². The molecule has 0 unspecified atom stereocenters. The average molecular weight is 363 g/mol. The lowest BCUT2D eigenvalue weighted by Gasteiger charge is -2.13. The molecule has 132 valence electrons. The minimum absolute atomic E-state index is 0.119. The Kier molecular flexibility index (Phi) is 6.53. The number of halogens is 1. The minimum atomic E-state index is -0.440. The van der Waals surface area contributed by atoms with E-state index >= 15 is 0 Å². The molecule has 0 aromatic heterocycles. The fourth-order valence-corrected chi connectivity index (χ4v) is 2.05. The van der Waals surface area contributed by atoms with Gasteiger partial charge in [0.05, 0.1) is 7.11 Å². The van der Waals surface area contributed by atoms with Gasteiger partial charge < -0.3 is 14.8 Å². The summed E-state index contributed by atoms with van der Waals surface area (Å²) >= 11 is 5.03. The molecule has 0 saturated carbocycles. The number of benzene rings is 2. The Bertz CT molecular complexity index is 771. The van der Waals surface area contributed by atoms with Crippen LogP contribution in [0.5, 0.6) is 11.5 Å². The molecule has 25 heavy (non-hydrogen) atoms. The molecular weight excluding hydrogens is 345 g/mol. The van der Waals surface area contributed by atoms with E-state index in [1.807, 2.05) is 0 Å².